The molecule has 0 radical (unpaired) electrons. The summed E-state index contributed by atoms with van der Waals surface area (Å²) in [6.45, 7) is 0.359. The van der Waals surface area contributed by atoms with Crippen LogP contribution >= 0.6 is 15.9 Å². The molecular formula is C14H14BrNO4. The normalized spacial score (nSPS) is 41.0. The van der Waals surface area contributed by atoms with Gasteiger partial charge in [-0.25, -0.2) is 0 Å². The second-order valence-corrected chi connectivity index (χ2v) is 6.82. The molecule has 5 nitrogen and oxygen atoms in total. The first-order valence-electron chi connectivity index (χ1n) is 6.81. The number of halogens is 1. The van der Waals surface area contributed by atoms with Gasteiger partial charge in [0, 0.05) is 5.92 Å². The molecule has 0 aromatic carbocycles. The van der Waals surface area contributed by atoms with Crippen LogP contribution in [0.2, 0.25) is 0 Å². The molecule has 1 saturated heterocycles. The Balaban J connectivity index is 1.51. The number of alkyl halides is 1. The predicted molar refractivity (Wildman–Crippen MR) is 71.7 cm³/mol. The minimum absolute atomic E-state index is 0.0355. The maximum Gasteiger partial charge on any atom is 0.310 e. The number of esters is 1. The minimum Gasteiger partial charge on any atom is -0.467 e. The van der Waals surface area contributed by atoms with Gasteiger partial charge in [-0.2, -0.15) is 0 Å². The number of carbonyl (C=O) groups is 2. The Morgan fingerprint density at radius 1 is 1.45 bits per heavy atom. The average Bonchev–Trinajstić information content (AvgIpc) is 3.14. The van der Waals surface area contributed by atoms with Crippen LogP contribution in [0.4, 0.5) is 0 Å². The molecule has 3 aliphatic rings. The van der Waals surface area contributed by atoms with E-state index >= 15 is 0 Å². The second-order valence-electron chi connectivity index (χ2n) is 5.76. The van der Waals surface area contributed by atoms with E-state index in [0.717, 1.165) is 6.42 Å². The zero-order valence-electron chi connectivity index (χ0n) is 10.6. The number of amides is 1. The van der Waals surface area contributed by atoms with Crippen LogP contribution < -0.4 is 5.32 Å². The lowest BCUT2D eigenvalue weighted by Crippen LogP contribution is -2.43. The number of nitrogens with one attached hydrogen (secondary N) is 1. The summed E-state index contributed by atoms with van der Waals surface area (Å²) in [6, 6.07) is 3.60. The van der Waals surface area contributed by atoms with E-state index in [4.69, 9.17) is 9.15 Å². The van der Waals surface area contributed by atoms with Gasteiger partial charge in [0.05, 0.1) is 29.5 Å². The number of fused-ring (bicyclic) bond motifs is 1. The second kappa shape index (κ2) is 4.35. The number of carbonyl (C=O) groups excluding carboxylic acids is 2. The van der Waals surface area contributed by atoms with E-state index in [1.165, 1.54) is 0 Å². The Morgan fingerprint density at radius 2 is 2.30 bits per heavy atom. The zero-order valence-corrected chi connectivity index (χ0v) is 12.2. The summed E-state index contributed by atoms with van der Waals surface area (Å²) in [5.74, 6) is 0.308. The molecule has 1 aliphatic heterocycles. The van der Waals surface area contributed by atoms with Crippen molar-refractivity contribution < 1.29 is 18.7 Å². The van der Waals surface area contributed by atoms with E-state index in [1.54, 1.807) is 12.3 Å². The molecule has 6 atom stereocenters. The van der Waals surface area contributed by atoms with E-state index in [0.29, 0.717) is 12.3 Å². The van der Waals surface area contributed by atoms with Crippen LogP contribution in [0.3, 0.4) is 0 Å². The molecule has 106 valence electrons. The molecule has 1 aromatic heterocycles. The van der Waals surface area contributed by atoms with Crippen molar-refractivity contribution in [3.8, 4) is 0 Å². The minimum atomic E-state index is -0.273. The van der Waals surface area contributed by atoms with Crippen molar-refractivity contribution in [3.63, 3.8) is 0 Å². The van der Waals surface area contributed by atoms with Crippen molar-refractivity contribution in [2.75, 3.05) is 0 Å². The largest absolute Gasteiger partial charge is 0.467 e. The third kappa shape index (κ3) is 1.60. The number of rotatable bonds is 3. The summed E-state index contributed by atoms with van der Waals surface area (Å²) in [5, 5.41) is 2.87. The molecule has 20 heavy (non-hydrogen) atoms. The molecule has 0 spiro atoms. The van der Waals surface area contributed by atoms with Crippen LogP contribution in [0, 0.1) is 23.7 Å². The smallest absolute Gasteiger partial charge is 0.310 e. The summed E-state index contributed by atoms with van der Waals surface area (Å²) in [4.78, 5) is 24.5. The molecule has 2 aliphatic carbocycles. The van der Waals surface area contributed by atoms with Gasteiger partial charge in [0.15, 0.2) is 0 Å². The van der Waals surface area contributed by atoms with Crippen molar-refractivity contribution in [2.24, 2.45) is 23.7 Å². The highest BCUT2D eigenvalue weighted by molar-refractivity contribution is 9.09. The lowest BCUT2D eigenvalue weighted by molar-refractivity contribution is -0.145. The molecule has 1 amide bonds. The van der Waals surface area contributed by atoms with E-state index in [1.807, 2.05) is 6.07 Å². The summed E-state index contributed by atoms with van der Waals surface area (Å²) < 4.78 is 10.6. The third-order valence-corrected chi connectivity index (χ3v) is 6.04. The van der Waals surface area contributed by atoms with Crippen molar-refractivity contribution in [1.29, 1.82) is 0 Å². The maximum absolute atomic E-state index is 12.4. The van der Waals surface area contributed by atoms with Crippen LogP contribution in [-0.2, 0) is 20.9 Å². The number of ether oxygens (including phenoxy) is 1. The first-order chi connectivity index (χ1) is 9.66. The molecular weight excluding hydrogens is 326 g/mol. The average molecular weight is 340 g/mol. The van der Waals surface area contributed by atoms with E-state index in [9.17, 15) is 9.59 Å². The van der Waals surface area contributed by atoms with Crippen LogP contribution in [0.15, 0.2) is 22.8 Å². The molecule has 2 bridgehead atoms. The lowest BCUT2D eigenvalue weighted by atomic mass is 9.79. The van der Waals surface area contributed by atoms with Crippen LogP contribution in [0.5, 0.6) is 0 Å². The third-order valence-electron chi connectivity index (χ3n) is 4.84. The molecule has 1 N–H and O–H groups in total. The summed E-state index contributed by atoms with van der Waals surface area (Å²) in [5.41, 5.74) is 0. The Morgan fingerprint density at radius 3 is 3.05 bits per heavy atom. The van der Waals surface area contributed by atoms with Crippen LogP contribution in [0.25, 0.3) is 0 Å². The van der Waals surface area contributed by atoms with E-state index in [2.05, 4.69) is 21.2 Å². The zero-order chi connectivity index (χ0) is 13.9. The fourth-order valence-corrected chi connectivity index (χ4v) is 5.08. The Kier molecular flexibility index (Phi) is 2.70. The number of hydrogen-bond acceptors (Lipinski definition) is 4. The Hall–Kier alpha value is -1.30. The SMILES string of the molecule is O=C(NCc1ccco1)[C@@H]1[C@H]2C[C@H]3[C@H](OC(=O)[C@@H]31)[C@H]2Br. The monoisotopic (exact) mass is 339 g/mol. The summed E-state index contributed by atoms with van der Waals surface area (Å²) >= 11 is 3.60. The summed E-state index contributed by atoms with van der Waals surface area (Å²) in [7, 11) is 0. The van der Waals surface area contributed by atoms with Crippen molar-refractivity contribution in [1.82, 2.24) is 5.32 Å². The van der Waals surface area contributed by atoms with Crippen molar-refractivity contribution in [2.45, 2.75) is 23.9 Å². The number of hydrogen-bond donors (Lipinski definition) is 1. The van der Waals surface area contributed by atoms with Gasteiger partial charge in [-0.1, -0.05) is 15.9 Å². The highest BCUT2D eigenvalue weighted by Crippen LogP contribution is 2.59. The van der Waals surface area contributed by atoms with Gasteiger partial charge in [-0.3, -0.25) is 9.59 Å². The topological polar surface area (TPSA) is 68.5 Å². The van der Waals surface area contributed by atoms with E-state index in [-0.39, 0.29) is 46.5 Å². The Bertz CT molecular complexity index is 558. The van der Waals surface area contributed by atoms with Crippen LogP contribution in [-0.4, -0.2) is 22.8 Å². The molecule has 2 saturated carbocycles. The fourth-order valence-electron chi connectivity index (χ4n) is 4.04. The first kappa shape index (κ1) is 12.4. The summed E-state index contributed by atoms with van der Waals surface area (Å²) in [6.07, 6.45) is 2.44. The highest BCUT2D eigenvalue weighted by atomic mass is 79.9. The van der Waals surface area contributed by atoms with E-state index < -0.39 is 0 Å². The maximum atomic E-state index is 12.4. The van der Waals surface area contributed by atoms with Crippen molar-refractivity contribution in [3.05, 3.63) is 24.2 Å². The van der Waals surface area contributed by atoms with Gasteiger partial charge in [0.1, 0.15) is 11.9 Å². The molecule has 4 rings (SSSR count). The van der Waals surface area contributed by atoms with Gasteiger partial charge in [0.2, 0.25) is 5.91 Å². The molecule has 0 unspecified atom stereocenters. The Labute approximate surface area is 124 Å². The van der Waals surface area contributed by atoms with Gasteiger partial charge in [-0.05, 0) is 24.5 Å². The molecule has 6 heteroatoms. The van der Waals surface area contributed by atoms with Crippen molar-refractivity contribution >= 4 is 27.8 Å². The van der Waals surface area contributed by atoms with Gasteiger partial charge in [0.25, 0.3) is 0 Å². The molecule has 2 heterocycles. The molecule has 3 fully saturated rings. The first-order valence-corrected chi connectivity index (χ1v) is 7.73. The van der Waals surface area contributed by atoms with Gasteiger partial charge < -0.3 is 14.5 Å². The standard InChI is InChI=1S/C14H14BrNO4/c15-11-7-4-8-10(14(18)20-12(8)11)9(7)13(17)16-5-6-2-1-3-19-6/h1-3,7-12H,4-5H2,(H,16,17)/t7-,8-,9-,10+,11+,12+/m1/s1. The quantitative estimate of drug-likeness (QED) is 0.668. The van der Waals surface area contributed by atoms with Crippen LogP contribution in [0.1, 0.15) is 12.2 Å². The predicted octanol–water partition coefficient (Wildman–Crippen LogP) is 1.47. The lowest BCUT2D eigenvalue weighted by Gasteiger charge is -2.27. The van der Waals surface area contributed by atoms with Gasteiger partial charge >= 0.3 is 5.97 Å². The highest BCUT2D eigenvalue weighted by Gasteiger charge is 2.67. The fraction of sp³-hybridized carbons (Fsp3) is 0.571. The van der Waals surface area contributed by atoms with Gasteiger partial charge in [-0.15, -0.1) is 0 Å². The number of furan rings is 1. The molecule has 1 aromatic rings.